The zero-order valence-corrected chi connectivity index (χ0v) is 9.55. The van der Waals surface area contributed by atoms with E-state index in [9.17, 15) is 0 Å². The number of hydrogen-bond acceptors (Lipinski definition) is 3. The van der Waals surface area contributed by atoms with Crippen LogP contribution >= 0.6 is 11.3 Å². The molecule has 0 atom stereocenters. The van der Waals surface area contributed by atoms with Gasteiger partial charge >= 0.3 is 0 Å². The fourth-order valence-corrected chi connectivity index (χ4v) is 2.11. The smallest absolute Gasteiger partial charge is 0.0417 e. The predicted molar refractivity (Wildman–Crippen MR) is 63.8 cm³/mol. The summed E-state index contributed by atoms with van der Waals surface area (Å²) in [6.07, 6.45) is 1.83. The van der Waals surface area contributed by atoms with Gasteiger partial charge in [-0.2, -0.15) is 0 Å². The Balaban J connectivity index is 1.86. The fourth-order valence-electron chi connectivity index (χ4n) is 1.44. The first-order valence-corrected chi connectivity index (χ1v) is 5.88. The third-order valence-corrected chi connectivity index (χ3v) is 3.19. The average Bonchev–Trinajstić information content (AvgIpc) is 2.74. The molecule has 0 saturated carbocycles. The molecule has 0 saturated heterocycles. The van der Waals surface area contributed by atoms with Gasteiger partial charge in [0.1, 0.15) is 0 Å². The van der Waals surface area contributed by atoms with Crippen molar-refractivity contribution in [2.45, 2.75) is 20.0 Å². The first kappa shape index (κ1) is 10.3. The molecule has 2 rings (SSSR count). The van der Waals surface area contributed by atoms with Crippen LogP contribution in [0.3, 0.4) is 0 Å². The van der Waals surface area contributed by atoms with Crippen LogP contribution in [0.4, 0.5) is 0 Å². The molecule has 78 valence electrons. The van der Waals surface area contributed by atoms with E-state index in [1.165, 1.54) is 10.4 Å². The lowest BCUT2D eigenvalue weighted by Gasteiger charge is -2.05. The summed E-state index contributed by atoms with van der Waals surface area (Å²) >= 11 is 1.78. The van der Waals surface area contributed by atoms with Crippen molar-refractivity contribution >= 4 is 11.3 Å². The Bertz CT molecular complexity index is 409. The highest BCUT2D eigenvalue weighted by Gasteiger charge is 1.98. The van der Waals surface area contributed by atoms with Crippen LogP contribution in [0.1, 0.15) is 16.1 Å². The van der Waals surface area contributed by atoms with E-state index < -0.39 is 0 Å². The third kappa shape index (κ3) is 2.88. The van der Waals surface area contributed by atoms with Gasteiger partial charge in [0, 0.05) is 29.9 Å². The maximum Gasteiger partial charge on any atom is 0.0417 e. The highest BCUT2D eigenvalue weighted by atomic mass is 32.1. The summed E-state index contributed by atoms with van der Waals surface area (Å²) in [4.78, 5) is 5.63. The molecule has 0 bridgehead atoms. The van der Waals surface area contributed by atoms with Gasteiger partial charge in [0.15, 0.2) is 0 Å². The van der Waals surface area contributed by atoms with Crippen molar-refractivity contribution in [2.75, 3.05) is 0 Å². The highest BCUT2D eigenvalue weighted by molar-refractivity contribution is 7.09. The van der Waals surface area contributed by atoms with E-state index in [2.05, 4.69) is 33.9 Å². The van der Waals surface area contributed by atoms with E-state index in [1.807, 2.05) is 19.2 Å². The fraction of sp³-hybridized carbons (Fsp3) is 0.250. The van der Waals surface area contributed by atoms with Gasteiger partial charge in [-0.05, 0) is 30.0 Å². The van der Waals surface area contributed by atoms with Crippen LogP contribution in [-0.2, 0) is 13.1 Å². The normalized spacial score (nSPS) is 10.5. The van der Waals surface area contributed by atoms with Crippen molar-refractivity contribution in [3.8, 4) is 0 Å². The van der Waals surface area contributed by atoms with Crippen LogP contribution in [-0.4, -0.2) is 4.98 Å². The first-order chi connectivity index (χ1) is 7.36. The van der Waals surface area contributed by atoms with Gasteiger partial charge in [-0.15, -0.1) is 11.3 Å². The SMILES string of the molecule is Cc1ncccc1CNCc1cccs1. The molecule has 2 heterocycles. The minimum atomic E-state index is 0.886. The molecular weight excluding hydrogens is 204 g/mol. The summed E-state index contributed by atoms with van der Waals surface area (Å²) in [6.45, 7) is 3.87. The molecule has 2 aromatic heterocycles. The molecule has 2 aromatic rings. The quantitative estimate of drug-likeness (QED) is 0.853. The second kappa shape index (κ2) is 5.05. The number of pyridine rings is 1. The Morgan fingerprint density at radius 3 is 2.93 bits per heavy atom. The molecule has 15 heavy (non-hydrogen) atoms. The lowest BCUT2D eigenvalue weighted by molar-refractivity contribution is 0.695. The monoisotopic (exact) mass is 218 g/mol. The number of aromatic nitrogens is 1. The molecule has 2 nitrogen and oxygen atoms in total. The van der Waals surface area contributed by atoms with Gasteiger partial charge in [0.05, 0.1) is 0 Å². The summed E-state index contributed by atoms with van der Waals surface area (Å²) in [5, 5.41) is 5.52. The molecule has 1 N–H and O–H groups in total. The maximum atomic E-state index is 4.26. The van der Waals surface area contributed by atoms with Crippen LogP contribution in [0, 0.1) is 6.92 Å². The van der Waals surface area contributed by atoms with Crippen molar-refractivity contribution in [3.05, 3.63) is 52.0 Å². The number of rotatable bonds is 4. The molecule has 0 unspecified atom stereocenters. The minimum Gasteiger partial charge on any atom is -0.308 e. The molecular formula is C12H14N2S. The number of thiophene rings is 1. The average molecular weight is 218 g/mol. The molecule has 0 fully saturated rings. The van der Waals surface area contributed by atoms with E-state index in [4.69, 9.17) is 0 Å². The number of nitrogens with one attached hydrogen (secondary N) is 1. The summed E-state index contributed by atoms with van der Waals surface area (Å²) in [5.74, 6) is 0. The Hall–Kier alpha value is -1.19. The third-order valence-electron chi connectivity index (χ3n) is 2.31. The van der Waals surface area contributed by atoms with Crippen LogP contribution in [0.5, 0.6) is 0 Å². The Labute approximate surface area is 94.0 Å². The lowest BCUT2D eigenvalue weighted by Crippen LogP contribution is -2.12. The van der Waals surface area contributed by atoms with E-state index in [0.717, 1.165) is 18.8 Å². The predicted octanol–water partition coefficient (Wildman–Crippen LogP) is 2.74. The van der Waals surface area contributed by atoms with Crippen molar-refractivity contribution < 1.29 is 0 Å². The second-order valence-corrected chi connectivity index (χ2v) is 4.46. The zero-order chi connectivity index (χ0) is 10.5. The van der Waals surface area contributed by atoms with E-state index in [0.29, 0.717) is 0 Å². The Morgan fingerprint density at radius 1 is 1.27 bits per heavy atom. The summed E-state index contributed by atoms with van der Waals surface area (Å²) in [6, 6.07) is 8.32. The van der Waals surface area contributed by atoms with E-state index in [-0.39, 0.29) is 0 Å². The topological polar surface area (TPSA) is 24.9 Å². The van der Waals surface area contributed by atoms with Crippen molar-refractivity contribution in [3.63, 3.8) is 0 Å². The lowest BCUT2D eigenvalue weighted by atomic mass is 10.2. The van der Waals surface area contributed by atoms with Gasteiger partial charge in [0.25, 0.3) is 0 Å². The van der Waals surface area contributed by atoms with Crippen LogP contribution in [0.2, 0.25) is 0 Å². The number of hydrogen-bond donors (Lipinski definition) is 1. The van der Waals surface area contributed by atoms with Crippen LogP contribution in [0.15, 0.2) is 35.8 Å². The van der Waals surface area contributed by atoms with Gasteiger partial charge in [0.2, 0.25) is 0 Å². The van der Waals surface area contributed by atoms with Crippen LogP contribution < -0.4 is 5.32 Å². The van der Waals surface area contributed by atoms with E-state index >= 15 is 0 Å². The van der Waals surface area contributed by atoms with Gasteiger partial charge in [-0.1, -0.05) is 12.1 Å². The maximum absolute atomic E-state index is 4.26. The van der Waals surface area contributed by atoms with Crippen molar-refractivity contribution in [2.24, 2.45) is 0 Å². The molecule has 0 radical (unpaired) electrons. The van der Waals surface area contributed by atoms with Crippen molar-refractivity contribution in [1.29, 1.82) is 0 Å². The summed E-state index contributed by atoms with van der Waals surface area (Å²) in [5.41, 5.74) is 2.38. The van der Waals surface area contributed by atoms with Gasteiger partial charge in [-0.25, -0.2) is 0 Å². The minimum absolute atomic E-state index is 0.886. The molecule has 3 heteroatoms. The number of nitrogens with zero attached hydrogens (tertiary/aromatic N) is 1. The summed E-state index contributed by atoms with van der Waals surface area (Å²) in [7, 11) is 0. The summed E-state index contributed by atoms with van der Waals surface area (Å²) < 4.78 is 0. The Kier molecular flexibility index (Phi) is 3.48. The molecule has 0 aromatic carbocycles. The zero-order valence-electron chi connectivity index (χ0n) is 8.73. The molecule has 0 aliphatic rings. The first-order valence-electron chi connectivity index (χ1n) is 5.00. The standard InChI is InChI=1S/C12H14N2S/c1-10-11(4-2-6-14-10)8-13-9-12-5-3-7-15-12/h2-7,13H,8-9H2,1H3. The van der Waals surface area contributed by atoms with E-state index in [1.54, 1.807) is 11.3 Å². The second-order valence-electron chi connectivity index (χ2n) is 3.43. The number of aryl methyl sites for hydroxylation is 1. The highest BCUT2D eigenvalue weighted by Crippen LogP contribution is 2.08. The van der Waals surface area contributed by atoms with Crippen molar-refractivity contribution in [1.82, 2.24) is 10.3 Å². The largest absolute Gasteiger partial charge is 0.308 e. The molecule has 0 aliphatic heterocycles. The van der Waals surface area contributed by atoms with Gasteiger partial charge < -0.3 is 5.32 Å². The molecule has 0 aliphatic carbocycles. The Morgan fingerprint density at radius 2 is 2.20 bits per heavy atom. The van der Waals surface area contributed by atoms with Crippen LogP contribution in [0.25, 0.3) is 0 Å². The molecule has 0 spiro atoms. The van der Waals surface area contributed by atoms with Gasteiger partial charge in [-0.3, -0.25) is 4.98 Å². The molecule has 0 amide bonds.